The van der Waals surface area contributed by atoms with Gasteiger partial charge in [-0.05, 0) is 16.9 Å². The van der Waals surface area contributed by atoms with Crippen LogP contribution in [-0.4, -0.2) is 5.11 Å². The van der Waals surface area contributed by atoms with E-state index < -0.39 is 17.2 Å². The van der Waals surface area contributed by atoms with E-state index in [0.29, 0.717) is 5.56 Å². The second-order valence-corrected chi connectivity index (χ2v) is 5.61. The lowest BCUT2D eigenvalue weighted by Crippen LogP contribution is -2.15. The summed E-state index contributed by atoms with van der Waals surface area (Å²) >= 11 is 0. The van der Waals surface area contributed by atoms with Crippen molar-refractivity contribution < 1.29 is 18.3 Å². The molecule has 0 saturated carbocycles. The van der Waals surface area contributed by atoms with Gasteiger partial charge in [-0.3, -0.25) is 0 Å². The predicted octanol–water partition coefficient (Wildman–Crippen LogP) is 4.86. The Kier molecular flexibility index (Phi) is 3.00. The molecule has 0 radical (unpaired) electrons. The highest BCUT2D eigenvalue weighted by Gasteiger charge is 2.35. The number of hydrogen-bond acceptors (Lipinski definition) is 1. The van der Waals surface area contributed by atoms with Crippen LogP contribution in [0.5, 0.6) is 5.75 Å². The molecule has 1 nitrogen and oxygen atoms in total. The van der Waals surface area contributed by atoms with Gasteiger partial charge in [0.2, 0.25) is 0 Å². The van der Waals surface area contributed by atoms with Crippen LogP contribution < -0.4 is 0 Å². The lowest BCUT2D eigenvalue weighted by Gasteiger charge is -2.23. The summed E-state index contributed by atoms with van der Waals surface area (Å²) in [4.78, 5) is 0. The first-order valence-corrected chi connectivity index (χ1v) is 5.95. The van der Waals surface area contributed by atoms with E-state index >= 15 is 0 Å². The molecule has 2 aromatic rings. The summed E-state index contributed by atoms with van der Waals surface area (Å²) in [5, 5.41) is 10.5. The van der Waals surface area contributed by atoms with E-state index in [-0.39, 0.29) is 16.5 Å². The van der Waals surface area contributed by atoms with Crippen molar-refractivity contribution in [2.24, 2.45) is 0 Å². The molecule has 0 aliphatic carbocycles. The van der Waals surface area contributed by atoms with Gasteiger partial charge in [-0.15, -0.1) is 0 Å². The number of fused-ring (bicyclic) bond motifs is 1. The molecular weight excluding hydrogens is 253 g/mol. The first-order valence-electron chi connectivity index (χ1n) is 5.95. The van der Waals surface area contributed by atoms with Crippen LogP contribution in [0.1, 0.15) is 31.9 Å². The Morgan fingerprint density at radius 2 is 1.42 bits per heavy atom. The minimum atomic E-state index is -4.44. The van der Waals surface area contributed by atoms with Gasteiger partial charge in [0.05, 0.1) is 5.56 Å². The zero-order chi connectivity index (χ0) is 14.4. The maximum absolute atomic E-state index is 13.1. The van der Waals surface area contributed by atoms with Gasteiger partial charge in [-0.2, -0.15) is 13.2 Å². The van der Waals surface area contributed by atoms with Crippen LogP contribution in [0.25, 0.3) is 10.8 Å². The van der Waals surface area contributed by atoms with E-state index in [0.717, 1.165) is 6.07 Å². The molecule has 0 bridgehead atoms. The van der Waals surface area contributed by atoms with Crippen LogP contribution in [0, 0.1) is 0 Å². The molecule has 102 valence electrons. The van der Waals surface area contributed by atoms with Crippen LogP contribution in [0.2, 0.25) is 0 Å². The fraction of sp³-hybridized carbons (Fsp3) is 0.333. The van der Waals surface area contributed by atoms with E-state index in [1.807, 2.05) is 0 Å². The van der Waals surface area contributed by atoms with Crippen molar-refractivity contribution in [3.8, 4) is 5.75 Å². The number of aromatic hydroxyl groups is 1. The quantitative estimate of drug-likeness (QED) is 0.723. The van der Waals surface area contributed by atoms with Crippen LogP contribution in [0.15, 0.2) is 30.3 Å². The Hall–Kier alpha value is -1.71. The van der Waals surface area contributed by atoms with Crippen LogP contribution >= 0.6 is 0 Å². The molecule has 0 unspecified atom stereocenters. The van der Waals surface area contributed by atoms with Gasteiger partial charge in [-0.25, -0.2) is 0 Å². The van der Waals surface area contributed by atoms with E-state index in [9.17, 15) is 18.3 Å². The van der Waals surface area contributed by atoms with Gasteiger partial charge in [0, 0.05) is 10.9 Å². The summed E-state index contributed by atoms with van der Waals surface area (Å²) in [6, 6.07) is 7.10. The lowest BCUT2D eigenvalue weighted by atomic mass is 9.83. The molecule has 0 saturated heterocycles. The minimum Gasteiger partial charge on any atom is -0.507 e. The van der Waals surface area contributed by atoms with Gasteiger partial charge in [-0.1, -0.05) is 45.0 Å². The Morgan fingerprint density at radius 3 is 1.89 bits per heavy atom. The van der Waals surface area contributed by atoms with Crippen molar-refractivity contribution in [2.45, 2.75) is 32.4 Å². The molecule has 4 heteroatoms. The third-order valence-corrected chi connectivity index (χ3v) is 3.13. The number of halogens is 3. The van der Waals surface area contributed by atoms with E-state index in [4.69, 9.17) is 0 Å². The Morgan fingerprint density at radius 1 is 0.895 bits per heavy atom. The highest BCUT2D eigenvalue weighted by molar-refractivity contribution is 5.92. The molecule has 0 aliphatic heterocycles. The molecular formula is C15H15F3O. The first kappa shape index (κ1) is 13.7. The van der Waals surface area contributed by atoms with Gasteiger partial charge in [0.1, 0.15) is 5.75 Å². The summed E-state index contributed by atoms with van der Waals surface area (Å²) in [5.74, 6) is -0.0731. The minimum absolute atomic E-state index is 0.0282. The third kappa shape index (κ3) is 2.39. The maximum atomic E-state index is 13.1. The average Bonchev–Trinajstić information content (AvgIpc) is 2.26. The highest BCUT2D eigenvalue weighted by Crippen LogP contribution is 2.43. The predicted molar refractivity (Wildman–Crippen MR) is 69.3 cm³/mol. The van der Waals surface area contributed by atoms with Crippen molar-refractivity contribution in [1.82, 2.24) is 0 Å². The second kappa shape index (κ2) is 4.15. The zero-order valence-electron chi connectivity index (χ0n) is 11.0. The Balaban J connectivity index is 2.93. The third-order valence-electron chi connectivity index (χ3n) is 3.13. The van der Waals surface area contributed by atoms with Crippen molar-refractivity contribution >= 4 is 10.8 Å². The second-order valence-electron chi connectivity index (χ2n) is 5.61. The van der Waals surface area contributed by atoms with Crippen LogP contribution in [0.4, 0.5) is 13.2 Å². The van der Waals surface area contributed by atoms with E-state index in [1.165, 1.54) is 18.2 Å². The Labute approximate surface area is 109 Å². The fourth-order valence-corrected chi connectivity index (χ4v) is 2.17. The molecule has 0 aromatic heterocycles. The van der Waals surface area contributed by atoms with Gasteiger partial charge >= 0.3 is 6.18 Å². The summed E-state index contributed by atoms with van der Waals surface area (Å²) in [7, 11) is 0. The van der Waals surface area contributed by atoms with Crippen molar-refractivity contribution in [1.29, 1.82) is 0 Å². The molecule has 0 amide bonds. The van der Waals surface area contributed by atoms with Crippen LogP contribution in [-0.2, 0) is 11.6 Å². The molecule has 0 spiro atoms. The number of phenolic OH excluding ortho intramolecular Hbond substituents is 1. The normalized spacial score (nSPS) is 12.9. The molecule has 19 heavy (non-hydrogen) atoms. The molecule has 0 fully saturated rings. The van der Waals surface area contributed by atoms with E-state index in [1.54, 1.807) is 26.8 Å². The monoisotopic (exact) mass is 268 g/mol. The van der Waals surface area contributed by atoms with Crippen molar-refractivity contribution in [2.75, 3.05) is 0 Å². The number of hydrogen-bond donors (Lipinski definition) is 1. The topological polar surface area (TPSA) is 20.2 Å². The van der Waals surface area contributed by atoms with Gasteiger partial charge in [0.15, 0.2) is 0 Å². The van der Waals surface area contributed by atoms with E-state index in [2.05, 4.69) is 0 Å². The smallest absolute Gasteiger partial charge is 0.417 e. The maximum Gasteiger partial charge on any atom is 0.417 e. The molecule has 0 aliphatic rings. The van der Waals surface area contributed by atoms with Gasteiger partial charge in [0.25, 0.3) is 0 Å². The largest absolute Gasteiger partial charge is 0.507 e. The lowest BCUT2D eigenvalue weighted by molar-refractivity contribution is -0.136. The number of phenols is 1. The number of alkyl halides is 3. The SMILES string of the molecule is CC(C)(C)c1cc(C(F)(F)F)c2ccccc2c1O. The molecule has 0 heterocycles. The van der Waals surface area contributed by atoms with Crippen molar-refractivity contribution in [3.63, 3.8) is 0 Å². The van der Waals surface area contributed by atoms with Crippen LogP contribution in [0.3, 0.4) is 0 Å². The molecule has 2 rings (SSSR count). The first-order chi connectivity index (χ1) is 8.62. The van der Waals surface area contributed by atoms with Gasteiger partial charge < -0.3 is 5.11 Å². The zero-order valence-corrected chi connectivity index (χ0v) is 11.0. The van der Waals surface area contributed by atoms with Crippen molar-refractivity contribution in [3.05, 3.63) is 41.5 Å². The Bertz CT molecular complexity index is 622. The molecule has 0 atom stereocenters. The summed E-state index contributed by atoms with van der Waals surface area (Å²) in [6.45, 7) is 5.32. The summed E-state index contributed by atoms with van der Waals surface area (Å²) < 4.78 is 39.4. The summed E-state index contributed by atoms with van der Waals surface area (Å²) in [6.07, 6.45) is -4.44. The standard InChI is InChI=1S/C15H15F3O/c1-14(2,3)12-8-11(15(16,17)18)9-6-4-5-7-10(9)13(12)19/h4-8,19H,1-3H3. The summed E-state index contributed by atoms with van der Waals surface area (Å²) in [5.41, 5.74) is -0.960. The highest BCUT2D eigenvalue weighted by atomic mass is 19.4. The molecule has 1 N–H and O–H groups in total. The number of benzene rings is 2. The molecule has 2 aromatic carbocycles. The number of rotatable bonds is 0. The average molecular weight is 268 g/mol. The fourth-order valence-electron chi connectivity index (χ4n) is 2.17.